The van der Waals surface area contributed by atoms with Crippen molar-refractivity contribution in [1.82, 2.24) is 9.55 Å². The first-order valence-electron chi connectivity index (χ1n) is 10.6. The zero-order valence-electron chi connectivity index (χ0n) is 18.2. The highest BCUT2D eigenvalue weighted by Crippen LogP contribution is 2.43. The number of carbonyl (C=O) groups excluding carboxylic acids is 1. The number of ketones is 1. The van der Waals surface area contributed by atoms with Gasteiger partial charge in [0.15, 0.2) is 5.78 Å². The van der Waals surface area contributed by atoms with Crippen molar-refractivity contribution >= 4 is 5.78 Å². The van der Waals surface area contributed by atoms with E-state index in [0.29, 0.717) is 17.7 Å². The maximum atomic E-state index is 14.6. The summed E-state index contributed by atoms with van der Waals surface area (Å²) in [6.45, 7) is 4.85. The van der Waals surface area contributed by atoms with Gasteiger partial charge in [-0.3, -0.25) is 14.3 Å². The third-order valence-corrected chi connectivity index (χ3v) is 5.32. The number of aromatic nitrogens is 2. The van der Waals surface area contributed by atoms with E-state index < -0.39 is 42.2 Å². The molecule has 0 amide bonds. The molecule has 0 saturated carbocycles. The Bertz CT molecular complexity index is 991. The van der Waals surface area contributed by atoms with E-state index in [2.05, 4.69) is 14.5 Å². The Hall–Kier alpha value is -2.49. The van der Waals surface area contributed by atoms with Gasteiger partial charge in [-0.25, -0.2) is 9.37 Å². The van der Waals surface area contributed by atoms with Gasteiger partial charge in [-0.2, -0.15) is 0 Å². The van der Waals surface area contributed by atoms with E-state index >= 15 is 0 Å². The second-order valence-electron chi connectivity index (χ2n) is 7.79. The third-order valence-electron chi connectivity index (χ3n) is 5.32. The Morgan fingerprint density at radius 2 is 2.12 bits per heavy atom. The molecule has 0 aliphatic carbocycles. The number of aliphatic hydroxyl groups is 1. The minimum atomic E-state index is -4.21. The lowest BCUT2D eigenvalue weighted by atomic mass is 9.94. The van der Waals surface area contributed by atoms with E-state index in [9.17, 15) is 23.1 Å². The molecule has 3 rings (SSSR count). The van der Waals surface area contributed by atoms with Crippen LogP contribution in [0.1, 0.15) is 58.1 Å². The summed E-state index contributed by atoms with van der Waals surface area (Å²) in [6, 6.07) is 3.65. The average molecular weight is 452 g/mol. The van der Waals surface area contributed by atoms with Crippen molar-refractivity contribution in [2.75, 3.05) is 0 Å². The molecule has 32 heavy (non-hydrogen) atoms. The highest BCUT2D eigenvalue weighted by molar-refractivity contribution is 5.87. The first kappa shape index (κ1) is 24.2. The van der Waals surface area contributed by atoms with Gasteiger partial charge < -0.3 is 9.67 Å². The summed E-state index contributed by atoms with van der Waals surface area (Å²) < 4.78 is 54.2. The zero-order chi connectivity index (χ0) is 23.5. The fourth-order valence-electron chi connectivity index (χ4n) is 3.93. The van der Waals surface area contributed by atoms with Crippen LogP contribution in [0.3, 0.4) is 0 Å². The number of rotatable bonds is 11. The number of benzene rings is 1. The zero-order valence-corrected chi connectivity index (χ0v) is 18.2. The van der Waals surface area contributed by atoms with Gasteiger partial charge in [0.1, 0.15) is 5.82 Å². The predicted octanol–water partition coefficient (Wildman–Crippen LogP) is 4.98. The molecule has 0 bridgehead atoms. The quantitative estimate of drug-likeness (QED) is 0.385. The van der Waals surface area contributed by atoms with Crippen LogP contribution in [-0.2, 0) is 14.3 Å². The summed E-state index contributed by atoms with van der Waals surface area (Å²) in [4.78, 5) is 17.1. The molecule has 6 nitrogen and oxygen atoms in total. The van der Waals surface area contributed by atoms with Crippen molar-refractivity contribution in [2.45, 2.75) is 70.7 Å². The van der Waals surface area contributed by atoms with Crippen molar-refractivity contribution in [1.29, 1.82) is 0 Å². The molecule has 1 aliphatic rings. The minimum Gasteiger partial charge on any atom is -0.359 e. The van der Waals surface area contributed by atoms with E-state index in [1.54, 1.807) is 23.6 Å². The van der Waals surface area contributed by atoms with E-state index in [1.807, 2.05) is 6.92 Å². The number of hydrogen-bond donors (Lipinski definition) is 1. The van der Waals surface area contributed by atoms with Crippen molar-refractivity contribution in [3.8, 4) is 11.3 Å². The second kappa shape index (κ2) is 9.56. The van der Waals surface area contributed by atoms with Crippen LogP contribution in [0, 0.1) is 5.82 Å². The number of carbonyl (C=O) groups is 1. The van der Waals surface area contributed by atoms with E-state index in [-0.39, 0.29) is 18.4 Å². The molecule has 0 radical (unpaired) electrons. The molecule has 3 unspecified atom stereocenters. The molecule has 1 aromatic carbocycles. The molecule has 2 heterocycles. The van der Waals surface area contributed by atoms with Gasteiger partial charge >= 0.3 is 6.29 Å². The largest absolute Gasteiger partial charge is 0.488 e. The number of imidazole rings is 1. The molecular weight excluding hydrogens is 425 g/mol. The predicted molar refractivity (Wildman–Crippen MR) is 111 cm³/mol. The van der Waals surface area contributed by atoms with Crippen LogP contribution in [0.15, 0.2) is 42.9 Å². The van der Waals surface area contributed by atoms with Crippen LogP contribution in [0.25, 0.3) is 11.3 Å². The van der Waals surface area contributed by atoms with Crippen molar-refractivity contribution in [3.05, 3.63) is 54.3 Å². The van der Waals surface area contributed by atoms with Crippen molar-refractivity contribution < 1.29 is 32.5 Å². The highest BCUT2D eigenvalue weighted by Gasteiger charge is 2.49. The van der Waals surface area contributed by atoms with Gasteiger partial charge in [0.25, 0.3) is 0 Å². The van der Waals surface area contributed by atoms with E-state index in [1.165, 1.54) is 37.7 Å². The summed E-state index contributed by atoms with van der Waals surface area (Å²) >= 11 is 0. The molecule has 0 saturated heterocycles. The monoisotopic (exact) mass is 452 g/mol. The van der Waals surface area contributed by atoms with Gasteiger partial charge in [-0.1, -0.05) is 44.6 Å². The van der Waals surface area contributed by atoms with Gasteiger partial charge in [-0.05, 0) is 19.4 Å². The number of alkyl halides is 2. The lowest BCUT2D eigenvalue weighted by Gasteiger charge is -2.32. The van der Waals surface area contributed by atoms with E-state index in [0.717, 1.165) is 0 Å². The Morgan fingerprint density at radius 3 is 2.81 bits per heavy atom. The fourth-order valence-corrected chi connectivity index (χ4v) is 3.93. The summed E-state index contributed by atoms with van der Waals surface area (Å²) in [5.74, 6) is -4.34. The Kier molecular flexibility index (Phi) is 7.22. The maximum Gasteiger partial charge on any atom is 0.488 e. The van der Waals surface area contributed by atoms with Crippen molar-refractivity contribution in [3.63, 3.8) is 0 Å². The van der Waals surface area contributed by atoms with Crippen LogP contribution < -0.4 is 0 Å². The summed E-state index contributed by atoms with van der Waals surface area (Å²) in [7, 11) is 0. The van der Waals surface area contributed by atoms with Crippen LogP contribution in [0.4, 0.5) is 13.2 Å². The normalized spacial score (nSPS) is 18.4. The van der Waals surface area contributed by atoms with Crippen LogP contribution in [0.2, 0.25) is 0 Å². The number of hydrogen-bond acceptors (Lipinski definition) is 5. The third kappa shape index (κ3) is 4.95. The minimum absolute atomic E-state index is 0.190. The van der Waals surface area contributed by atoms with Gasteiger partial charge in [0.05, 0.1) is 30.4 Å². The van der Waals surface area contributed by atoms with Gasteiger partial charge in [0.2, 0.25) is 5.79 Å². The first-order chi connectivity index (χ1) is 15.1. The SMILES string of the molecule is CC/C=C\C(C)OC(F)(F)OC(O)(CCC)C(=O)CC1c2c(F)cccc2-c2cncn21. The van der Waals surface area contributed by atoms with Gasteiger partial charge in [-0.15, -0.1) is 8.78 Å². The smallest absolute Gasteiger partial charge is 0.359 e. The second-order valence-corrected chi connectivity index (χ2v) is 7.79. The standard InChI is InChI=1S/C23H27F3N2O4/c1-4-6-8-15(3)31-23(25,26)32-22(30,11-5-2)20(29)12-18-21-16(9-7-10-17(21)24)19-13-27-14-28(18)19/h6-10,13-15,18,30H,4-5,11-12H2,1-3H3/b8-6-. The van der Waals surface area contributed by atoms with Crippen molar-refractivity contribution in [2.24, 2.45) is 0 Å². The molecule has 1 aliphatic heterocycles. The molecule has 1 N–H and O–H groups in total. The molecular formula is C23H27F3N2O4. The van der Waals surface area contributed by atoms with Crippen LogP contribution >= 0.6 is 0 Å². The molecule has 1 aromatic heterocycles. The molecule has 174 valence electrons. The number of nitrogens with zero attached hydrogens (tertiary/aromatic N) is 2. The van der Waals surface area contributed by atoms with Crippen LogP contribution in [0.5, 0.6) is 0 Å². The number of halogens is 3. The Balaban J connectivity index is 1.83. The van der Waals surface area contributed by atoms with E-state index in [4.69, 9.17) is 0 Å². The summed E-state index contributed by atoms with van der Waals surface area (Å²) in [5.41, 5.74) is 1.41. The van der Waals surface area contributed by atoms with Crippen LogP contribution in [-0.4, -0.2) is 38.6 Å². The summed E-state index contributed by atoms with van der Waals surface area (Å²) in [6.07, 6.45) is 0.814. The Morgan fingerprint density at radius 1 is 1.38 bits per heavy atom. The fraction of sp³-hybridized carbons (Fsp3) is 0.478. The number of Topliss-reactive ketones (excluding diaryl/α,β-unsaturated/α-hetero) is 1. The number of ether oxygens (including phenoxy) is 2. The molecule has 2 aromatic rings. The molecule has 0 fully saturated rings. The number of fused-ring (bicyclic) bond motifs is 3. The Labute approximate surface area is 184 Å². The maximum absolute atomic E-state index is 14.6. The topological polar surface area (TPSA) is 73.6 Å². The lowest BCUT2D eigenvalue weighted by molar-refractivity contribution is -0.450. The molecule has 9 heteroatoms. The summed E-state index contributed by atoms with van der Waals surface area (Å²) in [5, 5.41) is 10.8. The highest BCUT2D eigenvalue weighted by atomic mass is 19.3. The van der Waals surface area contributed by atoms with Gasteiger partial charge in [0, 0.05) is 24.0 Å². The molecule has 3 atom stereocenters. The number of allylic oxidation sites excluding steroid dienone is 1. The average Bonchev–Trinajstić information content (AvgIpc) is 3.29. The lowest BCUT2D eigenvalue weighted by Crippen LogP contribution is -2.48. The molecule has 0 spiro atoms. The first-order valence-corrected chi connectivity index (χ1v) is 10.6.